The number of benzene rings is 1. The van der Waals surface area contributed by atoms with Gasteiger partial charge in [0, 0.05) is 18.3 Å². The lowest BCUT2D eigenvalue weighted by atomic mass is 10.1. The number of hydrazine groups is 1. The molecule has 0 aliphatic heterocycles. The maximum absolute atomic E-state index is 12.0. The van der Waals surface area contributed by atoms with Crippen LogP contribution >= 0.6 is 0 Å². The highest BCUT2D eigenvalue weighted by molar-refractivity contribution is 5.99. The fraction of sp³-hybridized carbons (Fsp3) is 0.462. The van der Waals surface area contributed by atoms with Gasteiger partial charge in [-0.1, -0.05) is 0 Å². The van der Waals surface area contributed by atoms with Gasteiger partial charge < -0.3 is 15.6 Å². The SMILES string of the molecule is CN(C)CCCCNC(=O)c1cc(NN)ccc1[N+](=O)[O-]. The maximum atomic E-state index is 12.0. The lowest BCUT2D eigenvalue weighted by Gasteiger charge is -2.10. The molecule has 4 N–H and O–H groups in total. The van der Waals surface area contributed by atoms with Crippen LogP contribution < -0.4 is 16.6 Å². The molecule has 0 atom stereocenters. The van der Waals surface area contributed by atoms with Crippen LogP contribution in [0.25, 0.3) is 0 Å². The smallest absolute Gasteiger partial charge is 0.282 e. The second-order valence-electron chi connectivity index (χ2n) is 4.90. The molecule has 8 nitrogen and oxygen atoms in total. The number of nitro groups is 1. The zero-order chi connectivity index (χ0) is 15.8. The van der Waals surface area contributed by atoms with E-state index in [0.29, 0.717) is 12.2 Å². The molecule has 0 aromatic heterocycles. The number of anilines is 1. The number of hydrogen-bond donors (Lipinski definition) is 3. The van der Waals surface area contributed by atoms with Gasteiger partial charge in [0.1, 0.15) is 5.56 Å². The number of nitrogens with two attached hydrogens (primary N) is 1. The van der Waals surface area contributed by atoms with Gasteiger partial charge in [-0.15, -0.1) is 0 Å². The van der Waals surface area contributed by atoms with Crippen molar-refractivity contribution in [3.63, 3.8) is 0 Å². The predicted octanol–water partition coefficient (Wildman–Crippen LogP) is 0.952. The van der Waals surface area contributed by atoms with Crippen molar-refractivity contribution >= 4 is 17.3 Å². The molecule has 8 heteroatoms. The first-order chi connectivity index (χ1) is 9.95. The molecule has 0 saturated carbocycles. The Labute approximate surface area is 123 Å². The van der Waals surface area contributed by atoms with Crippen molar-refractivity contribution in [3.8, 4) is 0 Å². The Morgan fingerprint density at radius 3 is 2.67 bits per heavy atom. The minimum Gasteiger partial charge on any atom is -0.352 e. The second-order valence-corrected chi connectivity index (χ2v) is 4.90. The highest BCUT2D eigenvalue weighted by Gasteiger charge is 2.20. The molecule has 1 rings (SSSR count). The summed E-state index contributed by atoms with van der Waals surface area (Å²) < 4.78 is 0. The Bertz CT molecular complexity index is 505. The third kappa shape index (κ3) is 5.36. The zero-order valence-corrected chi connectivity index (χ0v) is 12.3. The van der Waals surface area contributed by atoms with Crippen molar-refractivity contribution in [2.75, 3.05) is 32.6 Å². The topological polar surface area (TPSA) is 114 Å². The highest BCUT2D eigenvalue weighted by atomic mass is 16.6. The number of carbonyl (C=O) groups is 1. The van der Waals surface area contributed by atoms with Gasteiger partial charge >= 0.3 is 0 Å². The molecule has 1 aromatic rings. The molecule has 0 aliphatic rings. The number of rotatable bonds is 8. The van der Waals surface area contributed by atoms with Crippen LogP contribution in [0.2, 0.25) is 0 Å². The summed E-state index contributed by atoms with van der Waals surface area (Å²) in [6.07, 6.45) is 1.76. The lowest BCUT2D eigenvalue weighted by molar-refractivity contribution is -0.385. The van der Waals surface area contributed by atoms with E-state index < -0.39 is 10.8 Å². The highest BCUT2D eigenvalue weighted by Crippen LogP contribution is 2.22. The van der Waals surface area contributed by atoms with Crippen LogP contribution in [0.4, 0.5) is 11.4 Å². The third-order valence-corrected chi connectivity index (χ3v) is 2.92. The number of nitrogens with zero attached hydrogens (tertiary/aromatic N) is 2. The van der Waals surface area contributed by atoms with E-state index >= 15 is 0 Å². The van der Waals surface area contributed by atoms with Gasteiger partial charge in [-0.2, -0.15) is 0 Å². The Kier molecular flexibility index (Phi) is 6.57. The number of unbranched alkanes of at least 4 members (excludes halogenated alkanes) is 1. The molecule has 0 radical (unpaired) electrons. The van der Waals surface area contributed by atoms with E-state index in [4.69, 9.17) is 5.84 Å². The van der Waals surface area contributed by atoms with E-state index in [1.807, 2.05) is 14.1 Å². The van der Waals surface area contributed by atoms with Crippen LogP contribution in [0.15, 0.2) is 18.2 Å². The van der Waals surface area contributed by atoms with E-state index in [1.54, 1.807) is 0 Å². The van der Waals surface area contributed by atoms with Gasteiger partial charge in [-0.05, 0) is 45.6 Å². The molecule has 116 valence electrons. The summed E-state index contributed by atoms with van der Waals surface area (Å²) in [5.41, 5.74) is 2.58. The van der Waals surface area contributed by atoms with Crippen LogP contribution in [-0.4, -0.2) is 42.9 Å². The quantitative estimate of drug-likeness (QED) is 0.285. The first kappa shape index (κ1) is 16.9. The van der Waals surface area contributed by atoms with Crippen LogP contribution in [-0.2, 0) is 0 Å². The predicted molar refractivity (Wildman–Crippen MR) is 81.0 cm³/mol. The molecule has 0 bridgehead atoms. The third-order valence-electron chi connectivity index (χ3n) is 2.92. The van der Waals surface area contributed by atoms with Crippen molar-refractivity contribution in [1.29, 1.82) is 0 Å². The summed E-state index contributed by atoms with van der Waals surface area (Å²) >= 11 is 0. The number of hydrogen-bond acceptors (Lipinski definition) is 6. The average Bonchev–Trinajstić information content (AvgIpc) is 2.45. The zero-order valence-electron chi connectivity index (χ0n) is 12.3. The molecule has 0 saturated heterocycles. The molecule has 1 aromatic carbocycles. The fourth-order valence-corrected chi connectivity index (χ4v) is 1.82. The molecule has 21 heavy (non-hydrogen) atoms. The van der Waals surface area contributed by atoms with Gasteiger partial charge in [0.05, 0.1) is 4.92 Å². The molecule has 1 amide bonds. The van der Waals surface area contributed by atoms with Gasteiger partial charge in [-0.3, -0.25) is 20.8 Å². The monoisotopic (exact) mass is 295 g/mol. The van der Waals surface area contributed by atoms with E-state index in [1.165, 1.54) is 18.2 Å². The Balaban J connectivity index is 2.65. The minimum atomic E-state index is -0.582. The molecule has 0 aliphatic carbocycles. The van der Waals surface area contributed by atoms with Crippen LogP contribution in [0, 0.1) is 10.1 Å². The Morgan fingerprint density at radius 2 is 2.10 bits per heavy atom. The number of nitro benzene ring substituents is 1. The van der Waals surface area contributed by atoms with Crippen LogP contribution in [0.3, 0.4) is 0 Å². The van der Waals surface area contributed by atoms with Gasteiger partial charge in [0.2, 0.25) is 0 Å². The summed E-state index contributed by atoms with van der Waals surface area (Å²) in [5.74, 6) is 4.79. The van der Waals surface area contributed by atoms with E-state index in [0.717, 1.165) is 19.4 Å². The molecular formula is C13H21N5O3. The summed E-state index contributed by atoms with van der Waals surface area (Å²) in [5, 5.41) is 13.6. The number of carbonyl (C=O) groups excluding carboxylic acids is 1. The summed E-state index contributed by atoms with van der Waals surface area (Å²) in [4.78, 5) is 24.5. The van der Waals surface area contributed by atoms with Gasteiger partial charge in [0.25, 0.3) is 11.6 Å². The Hall–Kier alpha value is -2.19. The van der Waals surface area contributed by atoms with Crippen molar-refractivity contribution in [2.45, 2.75) is 12.8 Å². The van der Waals surface area contributed by atoms with E-state index in [9.17, 15) is 14.9 Å². The summed E-state index contributed by atoms with van der Waals surface area (Å²) in [6, 6.07) is 4.08. The minimum absolute atomic E-state index is 0.00283. The van der Waals surface area contributed by atoms with Crippen molar-refractivity contribution in [3.05, 3.63) is 33.9 Å². The largest absolute Gasteiger partial charge is 0.352 e. The van der Waals surface area contributed by atoms with Crippen molar-refractivity contribution in [1.82, 2.24) is 10.2 Å². The standard InChI is InChI=1S/C13H21N5O3/c1-17(2)8-4-3-7-15-13(19)11-9-10(16-14)5-6-12(11)18(20)21/h5-6,9,16H,3-4,7-8,14H2,1-2H3,(H,15,19). The van der Waals surface area contributed by atoms with Crippen LogP contribution in [0.1, 0.15) is 23.2 Å². The van der Waals surface area contributed by atoms with Crippen LogP contribution in [0.5, 0.6) is 0 Å². The number of amides is 1. The number of nitrogens with one attached hydrogen (secondary N) is 2. The maximum Gasteiger partial charge on any atom is 0.282 e. The summed E-state index contributed by atoms with van der Waals surface area (Å²) in [6.45, 7) is 1.41. The molecule has 0 unspecified atom stereocenters. The lowest BCUT2D eigenvalue weighted by Crippen LogP contribution is -2.26. The Morgan fingerprint density at radius 1 is 1.38 bits per heavy atom. The fourth-order valence-electron chi connectivity index (χ4n) is 1.82. The van der Waals surface area contributed by atoms with Gasteiger partial charge in [-0.25, -0.2) is 0 Å². The number of nitrogen functional groups attached to an aromatic ring is 1. The van der Waals surface area contributed by atoms with E-state index in [-0.39, 0.29) is 11.3 Å². The van der Waals surface area contributed by atoms with Crippen molar-refractivity contribution < 1.29 is 9.72 Å². The first-order valence-electron chi connectivity index (χ1n) is 6.63. The molecule has 0 spiro atoms. The molecule has 0 heterocycles. The first-order valence-corrected chi connectivity index (χ1v) is 6.63. The van der Waals surface area contributed by atoms with Crippen molar-refractivity contribution in [2.24, 2.45) is 5.84 Å². The van der Waals surface area contributed by atoms with E-state index in [2.05, 4.69) is 15.6 Å². The normalized spacial score (nSPS) is 10.5. The van der Waals surface area contributed by atoms with Gasteiger partial charge in [0.15, 0.2) is 0 Å². The second kappa shape index (κ2) is 8.18. The summed E-state index contributed by atoms with van der Waals surface area (Å²) in [7, 11) is 3.96. The molecule has 0 fully saturated rings. The average molecular weight is 295 g/mol. The molecular weight excluding hydrogens is 274 g/mol.